The molecule has 0 heterocycles. The van der Waals surface area contributed by atoms with Crippen LogP contribution in [0.1, 0.15) is 27.2 Å². The molecule has 0 aliphatic rings. The summed E-state index contributed by atoms with van der Waals surface area (Å²) in [5.41, 5.74) is 0. The highest BCUT2D eigenvalue weighted by atomic mass is 16.7. The molecule has 5 heteroatoms. The lowest BCUT2D eigenvalue weighted by molar-refractivity contribution is -0.147. The first-order valence-corrected chi connectivity index (χ1v) is 6.32. The zero-order valence-electron chi connectivity index (χ0n) is 11.5. The number of carbonyl (C=O) groups is 1. The summed E-state index contributed by atoms with van der Waals surface area (Å²) in [5, 5.41) is 2.84. The molecule has 0 aliphatic heterocycles. The molecule has 0 saturated carbocycles. The van der Waals surface area contributed by atoms with Crippen LogP contribution in [0.15, 0.2) is 0 Å². The highest BCUT2D eigenvalue weighted by Crippen LogP contribution is 1.98. The summed E-state index contributed by atoms with van der Waals surface area (Å²) in [6.45, 7) is 8.82. The average molecular weight is 246 g/mol. The Morgan fingerprint density at radius 2 is 1.82 bits per heavy atom. The molecule has 1 amide bonds. The third-order valence-corrected chi connectivity index (χ3v) is 2.15. The van der Waals surface area contributed by atoms with Gasteiger partial charge in [0, 0.05) is 26.3 Å². The van der Waals surface area contributed by atoms with E-state index in [4.69, 9.17) is 9.47 Å². The molecule has 0 spiro atoms. The predicted octanol–water partition coefficient (Wildman–Crippen LogP) is 0.844. The molecule has 0 aromatic rings. The van der Waals surface area contributed by atoms with E-state index in [0.29, 0.717) is 26.3 Å². The summed E-state index contributed by atoms with van der Waals surface area (Å²) in [5.74, 6) is 0.0427. The fourth-order valence-corrected chi connectivity index (χ4v) is 1.41. The molecule has 102 valence electrons. The molecule has 0 atom stereocenters. The number of amides is 1. The molecule has 0 aromatic carbocycles. The Morgan fingerprint density at radius 1 is 1.24 bits per heavy atom. The average Bonchev–Trinajstić information content (AvgIpc) is 2.26. The number of likely N-dealkylation sites (N-methyl/N-ethyl adjacent to an activating group) is 1. The van der Waals surface area contributed by atoms with Crippen molar-refractivity contribution in [3.63, 3.8) is 0 Å². The summed E-state index contributed by atoms with van der Waals surface area (Å²) in [4.78, 5) is 13.4. The second-order valence-electron chi connectivity index (χ2n) is 3.89. The van der Waals surface area contributed by atoms with Crippen LogP contribution in [-0.4, -0.2) is 57.0 Å². The summed E-state index contributed by atoms with van der Waals surface area (Å²) < 4.78 is 10.8. The smallest absolute Gasteiger partial charge is 0.234 e. The fraction of sp³-hybridized carbons (Fsp3) is 0.917. The molecular formula is C12H26N2O3. The van der Waals surface area contributed by atoms with Gasteiger partial charge in [-0.2, -0.15) is 0 Å². The van der Waals surface area contributed by atoms with Gasteiger partial charge in [0.25, 0.3) is 0 Å². The van der Waals surface area contributed by atoms with E-state index in [1.807, 2.05) is 32.7 Å². The van der Waals surface area contributed by atoms with Crippen LogP contribution < -0.4 is 5.32 Å². The number of hydrogen-bond acceptors (Lipinski definition) is 4. The van der Waals surface area contributed by atoms with Gasteiger partial charge in [-0.25, -0.2) is 0 Å². The summed E-state index contributed by atoms with van der Waals surface area (Å²) in [7, 11) is 1.89. The minimum Gasteiger partial charge on any atom is -0.355 e. The zero-order valence-corrected chi connectivity index (χ0v) is 11.5. The first kappa shape index (κ1) is 16.4. The van der Waals surface area contributed by atoms with E-state index in [-0.39, 0.29) is 12.2 Å². The van der Waals surface area contributed by atoms with Gasteiger partial charge in [0.05, 0.1) is 6.54 Å². The lowest BCUT2D eigenvalue weighted by atomic mass is 10.4. The van der Waals surface area contributed by atoms with Gasteiger partial charge in [0.2, 0.25) is 5.91 Å². The number of nitrogens with zero attached hydrogens (tertiary/aromatic N) is 1. The number of ether oxygens (including phenoxy) is 2. The topological polar surface area (TPSA) is 50.8 Å². The molecular weight excluding hydrogens is 220 g/mol. The molecule has 0 aromatic heterocycles. The lowest BCUT2D eigenvalue weighted by Crippen LogP contribution is -2.40. The molecule has 0 unspecified atom stereocenters. The van der Waals surface area contributed by atoms with Crippen molar-refractivity contribution < 1.29 is 14.3 Å². The Labute approximate surface area is 104 Å². The van der Waals surface area contributed by atoms with E-state index in [1.54, 1.807) is 0 Å². The van der Waals surface area contributed by atoms with Crippen molar-refractivity contribution in [3.05, 3.63) is 0 Å². The largest absolute Gasteiger partial charge is 0.355 e. The SMILES string of the molecule is CCCNC(=O)CN(C)CC(OCC)OCC. The Hall–Kier alpha value is -0.650. The standard InChI is InChI=1S/C12H26N2O3/c1-5-8-13-11(15)9-14(4)10-12(16-6-2)17-7-3/h12H,5-10H2,1-4H3,(H,13,15). The maximum Gasteiger partial charge on any atom is 0.234 e. The Morgan fingerprint density at radius 3 is 2.29 bits per heavy atom. The number of rotatable bonds is 10. The maximum absolute atomic E-state index is 11.5. The molecule has 0 rings (SSSR count). The van der Waals surface area contributed by atoms with E-state index in [0.717, 1.165) is 13.0 Å². The van der Waals surface area contributed by atoms with Crippen LogP contribution in [-0.2, 0) is 14.3 Å². The molecule has 0 radical (unpaired) electrons. The van der Waals surface area contributed by atoms with Gasteiger partial charge in [-0.05, 0) is 27.3 Å². The molecule has 0 bridgehead atoms. The summed E-state index contributed by atoms with van der Waals surface area (Å²) in [6, 6.07) is 0. The second-order valence-corrected chi connectivity index (χ2v) is 3.89. The van der Waals surface area contributed by atoms with Gasteiger partial charge in [-0.15, -0.1) is 0 Å². The van der Waals surface area contributed by atoms with Crippen LogP contribution in [0, 0.1) is 0 Å². The molecule has 17 heavy (non-hydrogen) atoms. The van der Waals surface area contributed by atoms with Crippen LogP contribution >= 0.6 is 0 Å². The van der Waals surface area contributed by atoms with Crippen molar-refractivity contribution in [1.29, 1.82) is 0 Å². The van der Waals surface area contributed by atoms with Gasteiger partial charge in [-0.1, -0.05) is 6.92 Å². The molecule has 5 nitrogen and oxygen atoms in total. The summed E-state index contributed by atoms with van der Waals surface area (Å²) >= 11 is 0. The minimum absolute atomic E-state index is 0.0427. The zero-order chi connectivity index (χ0) is 13.1. The van der Waals surface area contributed by atoms with Crippen molar-refractivity contribution in [2.24, 2.45) is 0 Å². The van der Waals surface area contributed by atoms with Gasteiger partial charge in [0.15, 0.2) is 6.29 Å². The monoisotopic (exact) mass is 246 g/mol. The van der Waals surface area contributed by atoms with Crippen molar-refractivity contribution in [2.45, 2.75) is 33.5 Å². The van der Waals surface area contributed by atoms with E-state index in [1.165, 1.54) is 0 Å². The first-order valence-electron chi connectivity index (χ1n) is 6.32. The van der Waals surface area contributed by atoms with E-state index in [9.17, 15) is 4.79 Å². The Bertz CT molecular complexity index is 194. The highest BCUT2D eigenvalue weighted by molar-refractivity contribution is 5.77. The maximum atomic E-state index is 11.5. The lowest BCUT2D eigenvalue weighted by Gasteiger charge is -2.23. The van der Waals surface area contributed by atoms with Gasteiger partial charge < -0.3 is 14.8 Å². The normalized spacial score (nSPS) is 11.2. The molecule has 0 saturated heterocycles. The number of nitrogens with one attached hydrogen (secondary N) is 1. The third kappa shape index (κ3) is 9.09. The Kier molecular flexibility index (Phi) is 10.1. The Balaban J connectivity index is 3.86. The fourth-order valence-electron chi connectivity index (χ4n) is 1.41. The van der Waals surface area contributed by atoms with Crippen molar-refractivity contribution in [1.82, 2.24) is 10.2 Å². The highest BCUT2D eigenvalue weighted by Gasteiger charge is 2.13. The van der Waals surface area contributed by atoms with E-state index >= 15 is 0 Å². The van der Waals surface area contributed by atoms with Crippen LogP contribution in [0.3, 0.4) is 0 Å². The summed E-state index contributed by atoms with van der Waals surface area (Å²) in [6.07, 6.45) is 0.699. The van der Waals surface area contributed by atoms with Crippen molar-refractivity contribution in [2.75, 3.05) is 39.9 Å². The first-order chi connectivity index (χ1) is 8.13. The van der Waals surface area contributed by atoms with E-state index in [2.05, 4.69) is 5.32 Å². The number of hydrogen-bond donors (Lipinski definition) is 1. The van der Waals surface area contributed by atoms with Crippen LogP contribution in [0.2, 0.25) is 0 Å². The minimum atomic E-state index is -0.256. The molecule has 0 fully saturated rings. The molecule has 0 aliphatic carbocycles. The quantitative estimate of drug-likeness (QED) is 0.580. The van der Waals surface area contributed by atoms with Gasteiger partial charge in [0.1, 0.15) is 0 Å². The number of carbonyl (C=O) groups excluding carboxylic acids is 1. The van der Waals surface area contributed by atoms with Crippen molar-refractivity contribution in [3.8, 4) is 0 Å². The van der Waals surface area contributed by atoms with Crippen LogP contribution in [0.4, 0.5) is 0 Å². The van der Waals surface area contributed by atoms with E-state index < -0.39 is 0 Å². The van der Waals surface area contributed by atoms with Crippen LogP contribution in [0.25, 0.3) is 0 Å². The van der Waals surface area contributed by atoms with Gasteiger partial charge >= 0.3 is 0 Å². The second kappa shape index (κ2) is 10.5. The van der Waals surface area contributed by atoms with Crippen molar-refractivity contribution >= 4 is 5.91 Å². The van der Waals surface area contributed by atoms with Gasteiger partial charge in [-0.3, -0.25) is 9.69 Å². The van der Waals surface area contributed by atoms with Crippen LogP contribution in [0.5, 0.6) is 0 Å². The molecule has 1 N–H and O–H groups in total. The third-order valence-electron chi connectivity index (χ3n) is 2.15. The predicted molar refractivity (Wildman–Crippen MR) is 67.8 cm³/mol.